The van der Waals surface area contributed by atoms with Crippen LogP contribution in [0.4, 0.5) is 5.69 Å². The maximum atomic E-state index is 4.32. The van der Waals surface area contributed by atoms with Crippen molar-refractivity contribution in [3.8, 4) is 0 Å². The highest BCUT2D eigenvalue weighted by Crippen LogP contribution is 2.18. The van der Waals surface area contributed by atoms with E-state index in [0.29, 0.717) is 0 Å². The fraction of sp³-hybridized carbons (Fsp3) is 0.250. The molecule has 1 heterocycles. The van der Waals surface area contributed by atoms with Crippen LogP contribution in [-0.2, 0) is 13.6 Å². The molecule has 0 atom stereocenters. The molecule has 0 unspecified atom stereocenters. The molecule has 0 radical (unpaired) electrons. The van der Waals surface area contributed by atoms with Crippen LogP contribution >= 0.6 is 22.6 Å². The quantitative estimate of drug-likeness (QED) is 0.879. The Bertz CT molecular complexity index is 491. The van der Waals surface area contributed by atoms with Crippen molar-refractivity contribution in [1.82, 2.24) is 9.78 Å². The summed E-state index contributed by atoms with van der Waals surface area (Å²) in [4.78, 5) is 0. The molecule has 1 aromatic carbocycles. The molecule has 0 saturated heterocycles. The van der Waals surface area contributed by atoms with Crippen molar-refractivity contribution in [3.63, 3.8) is 0 Å². The summed E-state index contributed by atoms with van der Waals surface area (Å²) >= 11 is 2.33. The Morgan fingerprint density at radius 3 is 2.75 bits per heavy atom. The van der Waals surface area contributed by atoms with Gasteiger partial charge in [0.2, 0.25) is 0 Å². The van der Waals surface area contributed by atoms with Crippen LogP contribution in [0.25, 0.3) is 0 Å². The normalized spacial score (nSPS) is 10.4. The number of rotatable bonds is 3. The Hall–Kier alpha value is -1.04. The number of hydrogen-bond donors (Lipinski definition) is 1. The second-order valence-corrected chi connectivity index (χ2v) is 4.91. The fourth-order valence-corrected chi connectivity index (χ4v) is 2.20. The van der Waals surface area contributed by atoms with E-state index in [1.807, 2.05) is 30.8 Å². The van der Waals surface area contributed by atoms with E-state index in [1.165, 1.54) is 14.8 Å². The lowest BCUT2D eigenvalue weighted by molar-refractivity contribution is 0.756. The Balaban J connectivity index is 2.08. The fourth-order valence-electron chi connectivity index (χ4n) is 1.62. The summed E-state index contributed by atoms with van der Waals surface area (Å²) in [6, 6.07) is 8.27. The van der Waals surface area contributed by atoms with Crippen molar-refractivity contribution in [2.24, 2.45) is 7.05 Å². The molecule has 0 aliphatic heterocycles. The molecule has 1 N–H and O–H groups in total. The van der Waals surface area contributed by atoms with Gasteiger partial charge in [-0.2, -0.15) is 5.10 Å². The minimum absolute atomic E-state index is 0.819. The predicted octanol–water partition coefficient (Wildman–Crippen LogP) is 2.95. The number of anilines is 1. The van der Waals surface area contributed by atoms with Gasteiger partial charge in [0, 0.05) is 34.6 Å². The number of nitrogens with zero attached hydrogens (tertiary/aromatic N) is 2. The first kappa shape index (κ1) is 11.4. The van der Waals surface area contributed by atoms with E-state index in [1.54, 1.807) is 0 Å². The molecule has 2 rings (SSSR count). The summed E-state index contributed by atoms with van der Waals surface area (Å²) < 4.78 is 3.09. The number of nitrogens with one attached hydrogen (secondary N) is 1. The van der Waals surface area contributed by atoms with Crippen LogP contribution in [0.5, 0.6) is 0 Å². The van der Waals surface area contributed by atoms with Crippen molar-refractivity contribution in [3.05, 3.63) is 45.3 Å². The summed E-state index contributed by atoms with van der Waals surface area (Å²) in [6.45, 7) is 2.85. The first-order chi connectivity index (χ1) is 7.66. The molecule has 0 saturated carbocycles. The molecule has 0 aliphatic rings. The molecule has 16 heavy (non-hydrogen) atoms. The minimum atomic E-state index is 0.819. The van der Waals surface area contributed by atoms with Crippen LogP contribution in [0.1, 0.15) is 11.3 Å². The molecule has 0 spiro atoms. The minimum Gasteiger partial charge on any atom is -0.380 e. The van der Waals surface area contributed by atoms with Gasteiger partial charge in [0.25, 0.3) is 0 Å². The van der Waals surface area contributed by atoms with E-state index in [2.05, 4.69) is 51.3 Å². The lowest BCUT2D eigenvalue weighted by atomic mass is 10.2. The maximum absolute atomic E-state index is 4.32. The number of halogens is 1. The molecule has 0 amide bonds. The van der Waals surface area contributed by atoms with Crippen LogP contribution in [-0.4, -0.2) is 9.78 Å². The number of hydrogen-bond acceptors (Lipinski definition) is 2. The van der Waals surface area contributed by atoms with Gasteiger partial charge in [-0.3, -0.25) is 4.68 Å². The van der Waals surface area contributed by atoms with Gasteiger partial charge in [-0.25, -0.2) is 0 Å². The lowest BCUT2D eigenvalue weighted by Gasteiger charge is -2.07. The number of aryl methyl sites for hydroxylation is 2. The number of aromatic nitrogens is 2. The SMILES string of the molecule is Cc1nn(C)cc1CNc1ccccc1I. The smallest absolute Gasteiger partial charge is 0.0643 e. The Morgan fingerprint density at radius 1 is 1.38 bits per heavy atom. The van der Waals surface area contributed by atoms with Crippen molar-refractivity contribution < 1.29 is 0 Å². The summed E-state index contributed by atoms with van der Waals surface area (Å²) in [5.41, 5.74) is 3.49. The van der Waals surface area contributed by atoms with Crippen molar-refractivity contribution in [1.29, 1.82) is 0 Å². The third-order valence-corrected chi connectivity index (χ3v) is 3.40. The van der Waals surface area contributed by atoms with Crippen LogP contribution in [0.3, 0.4) is 0 Å². The third-order valence-electron chi connectivity index (χ3n) is 2.46. The summed E-state index contributed by atoms with van der Waals surface area (Å²) in [7, 11) is 1.95. The molecule has 0 aliphatic carbocycles. The van der Waals surface area contributed by atoms with Gasteiger partial charge in [0.15, 0.2) is 0 Å². The summed E-state index contributed by atoms with van der Waals surface area (Å²) in [5, 5.41) is 7.74. The Kier molecular flexibility index (Phi) is 3.48. The van der Waals surface area contributed by atoms with Gasteiger partial charge in [0.05, 0.1) is 5.69 Å². The highest BCUT2D eigenvalue weighted by Gasteiger charge is 2.03. The van der Waals surface area contributed by atoms with Crippen LogP contribution in [0.15, 0.2) is 30.5 Å². The van der Waals surface area contributed by atoms with E-state index < -0.39 is 0 Å². The van der Waals surface area contributed by atoms with Gasteiger partial charge in [-0.05, 0) is 41.6 Å². The van der Waals surface area contributed by atoms with Crippen molar-refractivity contribution in [2.75, 3.05) is 5.32 Å². The average Bonchev–Trinajstić information content (AvgIpc) is 2.56. The van der Waals surface area contributed by atoms with Crippen molar-refractivity contribution in [2.45, 2.75) is 13.5 Å². The largest absolute Gasteiger partial charge is 0.380 e. The summed E-state index contributed by atoms with van der Waals surface area (Å²) in [5.74, 6) is 0. The lowest BCUT2D eigenvalue weighted by Crippen LogP contribution is -2.01. The zero-order chi connectivity index (χ0) is 11.5. The van der Waals surface area contributed by atoms with Crippen LogP contribution < -0.4 is 5.32 Å². The molecule has 3 nitrogen and oxygen atoms in total. The van der Waals surface area contributed by atoms with Gasteiger partial charge >= 0.3 is 0 Å². The van der Waals surface area contributed by atoms with E-state index in [0.717, 1.165) is 12.2 Å². The van der Waals surface area contributed by atoms with Gasteiger partial charge < -0.3 is 5.32 Å². The average molecular weight is 327 g/mol. The molecular weight excluding hydrogens is 313 g/mol. The second-order valence-electron chi connectivity index (χ2n) is 3.75. The molecule has 84 valence electrons. The van der Waals surface area contributed by atoms with Crippen LogP contribution in [0.2, 0.25) is 0 Å². The van der Waals surface area contributed by atoms with E-state index in [-0.39, 0.29) is 0 Å². The maximum Gasteiger partial charge on any atom is 0.0643 e. The first-order valence-electron chi connectivity index (χ1n) is 5.14. The Labute approximate surface area is 109 Å². The summed E-state index contributed by atoms with van der Waals surface area (Å²) in [6.07, 6.45) is 2.05. The highest BCUT2D eigenvalue weighted by atomic mass is 127. The third kappa shape index (κ3) is 2.55. The zero-order valence-electron chi connectivity index (χ0n) is 9.37. The van der Waals surface area contributed by atoms with E-state index in [4.69, 9.17) is 0 Å². The van der Waals surface area contributed by atoms with E-state index >= 15 is 0 Å². The number of benzene rings is 1. The topological polar surface area (TPSA) is 29.9 Å². The molecule has 2 aromatic rings. The standard InChI is InChI=1S/C12H14IN3/c1-9-10(8-16(2)15-9)7-14-12-6-4-3-5-11(12)13/h3-6,8,14H,7H2,1-2H3. The van der Waals surface area contributed by atoms with Gasteiger partial charge in [0.1, 0.15) is 0 Å². The highest BCUT2D eigenvalue weighted by molar-refractivity contribution is 14.1. The van der Waals surface area contributed by atoms with Gasteiger partial charge in [-0.15, -0.1) is 0 Å². The monoisotopic (exact) mass is 327 g/mol. The van der Waals surface area contributed by atoms with Crippen molar-refractivity contribution >= 4 is 28.3 Å². The molecule has 0 bridgehead atoms. The van der Waals surface area contributed by atoms with Gasteiger partial charge in [-0.1, -0.05) is 12.1 Å². The molecule has 4 heteroatoms. The second kappa shape index (κ2) is 4.86. The first-order valence-corrected chi connectivity index (χ1v) is 6.22. The Morgan fingerprint density at radius 2 is 2.12 bits per heavy atom. The van der Waals surface area contributed by atoms with E-state index in [9.17, 15) is 0 Å². The van der Waals surface area contributed by atoms with Crippen LogP contribution in [0, 0.1) is 10.5 Å². The zero-order valence-corrected chi connectivity index (χ0v) is 11.5. The number of para-hydroxylation sites is 1. The molecular formula is C12H14IN3. The molecule has 0 fully saturated rings. The molecule has 1 aromatic heterocycles. The predicted molar refractivity (Wildman–Crippen MR) is 74.4 cm³/mol.